The summed E-state index contributed by atoms with van der Waals surface area (Å²) in [6, 6.07) is 3.23. The molecular weight excluding hydrogens is 312 g/mol. The molecule has 6 nitrogen and oxygen atoms in total. The van der Waals surface area contributed by atoms with Crippen molar-refractivity contribution in [1.82, 2.24) is 10.5 Å². The van der Waals surface area contributed by atoms with Crippen molar-refractivity contribution in [3.8, 4) is 0 Å². The Morgan fingerprint density at radius 3 is 2.81 bits per heavy atom. The molecule has 0 amide bonds. The minimum Gasteiger partial charge on any atom is -0.391 e. The zero-order valence-electron chi connectivity index (χ0n) is 11.9. The summed E-state index contributed by atoms with van der Waals surface area (Å²) in [6.07, 6.45) is -0.961. The molecular formula is C13H18N2O4S2. The standard InChI is InChI=1S/C13H18N2O4S2/c1-9-12(10(2)19-15-9)7-14-6-11(16)8-21(17,18)13-4-3-5-20-13/h3-5,11,14,16H,6-8H2,1-2H3. The molecule has 1 atom stereocenters. The van der Waals surface area contributed by atoms with Crippen molar-refractivity contribution < 1.29 is 18.0 Å². The highest BCUT2D eigenvalue weighted by molar-refractivity contribution is 7.93. The van der Waals surface area contributed by atoms with Crippen LogP contribution in [0.5, 0.6) is 0 Å². The largest absolute Gasteiger partial charge is 0.391 e. The summed E-state index contributed by atoms with van der Waals surface area (Å²) in [5.74, 6) is 0.433. The van der Waals surface area contributed by atoms with Crippen LogP contribution in [-0.4, -0.2) is 37.1 Å². The van der Waals surface area contributed by atoms with Crippen LogP contribution >= 0.6 is 11.3 Å². The molecule has 0 spiro atoms. The molecule has 2 aromatic rings. The summed E-state index contributed by atoms with van der Waals surface area (Å²) in [5.41, 5.74) is 1.73. The topological polar surface area (TPSA) is 92.4 Å². The maximum atomic E-state index is 12.0. The first-order valence-electron chi connectivity index (χ1n) is 6.47. The van der Waals surface area contributed by atoms with Crippen molar-refractivity contribution in [2.24, 2.45) is 0 Å². The van der Waals surface area contributed by atoms with E-state index in [1.807, 2.05) is 13.8 Å². The average Bonchev–Trinajstić information content (AvgIpc) is 3.03. The van der Waals surface area contributed by atoms with Crippen LogP contribution in [0.15, 0.2) is 26.2 Å². The molecule has 116 valence electrons. The summed E-state index contributed by atoms with van der Waals surface area (Å²) in [5, 5.41) is 18.4. The molecule has 21 heavy (non-hydrogen) atoms. The Kier molecular flexibility index (Phi) is 5.15. The molecule has 0 aromatic carbocycles. The third-order valence-electron chi connectivity index (χ3n) is 3.08. The van der Waals surface area contributed by atoms with E-state index in [9.17, 15) is 13.5 Å². The summed E-state index contributed by atoms with van der Waals surface area (Å²) in [6.45, 7) is 4.33. The van der Waals surface area contributed by atoms with E-state index >= 15 is 0 Å². The van der Waals surface area contributed by atoms with E-state index in [-0.39, 0.29) is 16.5 Å². The van der Waals surface area contributed by atoms with Crippen molar-refractivity contribution in [3.05, 3.63) is 34.5 Å². The molecule has 2 aromatic heterocycles. The van der Waals surface area contributed by atoms with Crippen molar-refractivity contribution in [1.29, 1.82) is 0 Å². The Morgan fingerprint density at radius 1 is 1.48 bits per heavy atom. The molecule has 0 fully saturated rings. The number of nitrogens with one attached hydrogen (secondary N) is 1. The molecule has 2 heterocycles. The highest BCUT2D eigenvalue weighted by Gasteiger charge is 2.20. The number of aliphatic hydroxyl groups excluding tert-OH is 1. The zero-order valence-corrected chi connectivity index (χ0v) is 13.5. The van der Waals surface area contributed by atoms with Gasteiger partial charge in [-0.05, 0) is 25.3 Å². The highest BCUT2D eigenvalue weighted by Crippen LogP contribution is 2.18. The molecule has 0 saturated heterocycles. The van der Waals surface area contributed by atoms with Crippen molar-refractivity contribution >= 4 is 21.2 Å². The van der Waals surface area contributed by atoms with E-state index in [1.165, 1.54) is 0 Å². The Balaban J connectivity index is 1.84. The SMILES string of the molecule is Cc1noc(C)c1CNCC(O)CS(=O)(=O)c1cccs1. The highest BCUT2D eigenvalue weighted by atomic mass is 32.2. The second-order valence-corrected chi connectivity index (χ2v) is 8.01. The number of rotatable bonds is 7. The number of hydrogen-bond donors (Lipinski definition) is 2. The Bertz CT molecular complexity index is 658. The van der Waals surface area contributed by atoms with Gasteiger partial charge in [0.25, 0.3) is 0 Å². The first-order chi connectivity index (χ1) is 9.90. The van der Waals surface area contributed by atoms with Crippen LogP contribution in [0.3, 0.4) is 0 Å². The minimum atomic E-state index is -3.42. The van der Waals surface area contributed by atoms with Crippen molar-refractivity contribution in [2.45, 2.75) is 30.7 Å². The molecule has 0 radical (unpaired) electrons. The lowest BCUT2D eigenvalue weighted by molar-refractivity contribution is 0.193. The lowest BCUT2D eigenvalue weighted by Crippen LogP contribution is -2.32. The molecule has 2 N–H and O–H groups in total. The maximum absolute atomic E-state index is 12.0. The number of nitrogens with zero attached hydrogens (tertiary/aromatic N) is 1. The molecule has 0 bridgehead atoms. The maximum Gasteiger partial charge on any atom is 0.190 e. The monoisotopic (exact) mass is 330 g/mol. The third kappa shape index (κ3) is 4.13. The number of sulfone groups is 1. The first-order valence-corrected chi connectivity index (χ1v) is 9.00. The normalized spacial score (nSPS) is 13.5. The van der Waals surface area contributed by atoms with E-state index in [4.69, 9.17) is 4.52 Å². The van der Waals surface area contributed by atoms with Crippen LogP contribution in [0.2, 0.25) is 0 Å². The first kappa shape index (κ1) is 16.2. The molecule has 0 aliphatic rings. The van der Waals surface area contributed by atoms with Crippen LogP contribution in [-0.2, 0) is 16.4 Å². The lowest BCUT2D eigenvalue weighted by atomic mass is 10.2. The van der Waals surface area contributed by atoms with Gasteiger partial charge in [0.2, 0.25) is 0 Å². The second kappa shape index (κ2) is 6.69. The molecule has 0 aliphatic heterocycles. The number of aliphatic hydroxyl groups is 1. The Hall–Kier alpha value is -1.22. The lowest BCUT2D eigenvalue weighted by Gasteiger charge is -2.11. The second-order valence-electron chi connectivity index (χ2n) is 4.80. The molecule has 1 unspecified atom stereocenters. The Morgan fingerprint density at radius 2 is 2.24 bits per heavy atom. The van der Waals surface area contributed by atoms with Gasteiger partial charge in [0.05, 0.1) is 17.6 Å². The van der Waals surface area contributed by atoms with Gasteiger partial charge < -0.3 is 14.9 Å². The van der Waals surface area contributed by atoms with Gasteiger partial charge in [-0.3, -0.25) is 0 Å². The summed E-state index contributed by atoms with van der Waals surface area (Å²) >= 11 is 1.16. The van der Waals surface area contributed by atoms with Gasteiger partial charge in [-0.1, -0.05) is 11.2 Å². The van der Waals surface area contributed by atoms with E-state index in [1.54, 1.807) is 17.5 Å². The predicted molar refractivity (Wildman–Crippen MR) is 80.1 cm³/mol. The number of thiophene rings is 1. The quantitative estimate of drug-likeness (QED) is 0.794. The third-order valence-corrected chi connectivity index (χ3v) is 6.36. The van der Waals surface area contributed by atoms with Crippen molar-refractivity contribution in [3.63, 3.8) is 0 Å². The van der Waals surface area contributed by atoms with Crippen LogP contribution in [0.25, 0.3) is 0 Å². The number of aryl methyl sites for hydroxylation is 2. The fourth-order valence-electron chi connectivity index (χ4n) is 1.95. The fraction of sp³-hybridized carbons (Fsp3) is 0.462. The van der Waals surface area contributed by atoms with Crippen LogP contribution in [0.4, 0.5) is 0 Å². The van der Waals surface area contributed by atoms with E-state index < -0.39 is 15.9 Å². The number of aromatic nitrogens is 1. The molecule has 0 aliphatic carbocycles. The van der Waals surface area contributed by atoms with E-state index in [2.05, 4.69) is 10.5 Å². The van der Waals surface area contributed by atoms with Gasteiger partial charge in [-0.15, -0.1) is 11.3 Å². The van der Waals surface area contributed by atoms with Gasteiger partial charge in [-0.2, -0.15) is 0 Å². The average molecular weight is 330 g/mol. The van der Waals surface area contributed by atoms with Crippen LogP contribution in [0, 0.1) is 13.8 Å². The fourth-order valence-corrected chi connectivity index (χ4v) is 4.43. The predicted octanol–water partition coefficient (Wildman–Crippen LogP) is 1.28. The van der Waals surface area contributed by atoms with Crippen LogP contribution < -0.4 is 5.32 Å². The van der Waals surface area contributed by atoms with Gasteiger partial charge in [0, 0.05) is 18.7 Å². The number of hydrogen-bond acceptors (Lipinski definition) is 7. The minimum absolute atomic E-state index is 0.189. The smallest absolute Gasteiger partial charge is 0.190 e. The van der Waals surface area contributed by atoms with Gasteiger partial charge in [0.1, 0.15) is 9.97 Å². The van der Waals surface area contributed by atoms with E-state index in [0.29, 0.717) is 6.54 Å². The van der Waals surface area contributed by atoms with E-state index in [0.717, 1.165) is 28.4 Å². The molecule has 8 heteroatoms. The van der Waals surface area contributed by atoms with Gasteiger partial charge in [0.15, 0.2) is 9.84 Å². The van der Waals surface area contributed by atoms with Crippen LogP contribution in [0.1, 0.15) is 17.0 Å². The summed E-state index contributed by atoms with van der Waals surface area (Å²) < 4.78 is 29.3. The van der Waals surface area contributed by atoms with Gasteiger partial charge in [-0.25, -0.2) is 8.42 Å². The molecule has 0 saturated carbocycles. The summed E-state index contributed by atoms with van der Waals surface area (Å²) in [7, 11) is -3.42. The van der Waals surface area contributed by atoms with Crippen molar-refractivity contribution in [2.75, 3.05) is 12.3 Å². The van der Waals surface area contributed by atoms with Gasteiger partial charge >= 0.3 is 0 Å². The molecule has 2 rings (SSSR count). The summed E-state index contributed by atoms with van der Waals surface area (Å²) in [4.78, 5) is 0. The zero-order chi connectivity index (χ0) is 15.5. The Labute approximate surface area is 127 Å².